The number of fused-ring (bicyclic) bond motifs is 1. The van der Waals surface area contributed by atoms with Crippen LogP contribution in [0.15, 0.2) is 46.9 Å². The Bertz CT molecular complexity index is 979. The molecule has 0 aliphatic carbocycles. The van der Waals surface area contributed by atoms with E-state index >= 15 is 0 Å². The summed E-state index contributed by atoms with van der Waals surface area (Å²) >= 11 is 0. The SMILES string of the molecule is CC(C)CC(=O)N1CCC[C@H]1c1nc2cc(-c3ccccc3F)ccc2o1. The molecule has 2 heterocycles. The number of carbonyl (C=O) groups excluding carboxylic acids is 1. The first-order chi connectivity index (χ1) is 13.0. The van der Waals surface area contributed by atoms with Crippen molar-refractivity contribution in [2.75, 3.05) is 6.54 Å². The highest BCUT2D eigenvalue weighted by Crippen LogP contribution is 2.35. The summed E-state index contributed by atoms with van der Waals surface area (Å²) in [5.41, 5.74) is 2.65. The summed E-state index contributed by atoms with van der Waals surface area (Å²) < 4.78 is 20.0. The highest BCUT2D eigenvalue weighted by molar-refractivity contribution is 5.81. The number of hydrogen-bond acceptors (Lipinski definition) is 3. The van der Waals surface area contributed by atoms with E-state index in [1.165, 1.54) is 6.07 Å². The van der Waals surface area contributed by atoms with Crippen molar-refractivity contribution < 1.29 is 13.6 Å². The zero-order valence-electron chi connectivity index (χ0n) is 15.6. The molecule has 0 unspecified atom stereocenters. The molecule has 27 heavy (non-hydrogen) atoms. The van der Waals surface area contributed by atoms with E-state index in [0.29, 0.717) is 34.9 Å². The second kappa shape index (κ2) is 7.14. The monoisotopic (exact) mass is 366 g/mol. The van der Waals surface area contributed by atoms with E-state index in [1.807, 2.05) is 43.0 Å². The number of rotatable bonds is 4. The number of amides is 1. The lowest BCUT2D eigenvalue weighted by Gasteiger charge is -2.23. The van der Waals surface area contributed by atoms with Gasteiger partial charge in [0.05, 0.1) is 0 Å². The van der Waals surface area contributed by atoms with Gasteiger partial charge >= 0.3 is 0 Å². The van der Waals surface area contributed by atoms with Crippen molar-refractivity contribution >= 4 is 17.0 Å². The van der Waals surface area contributed by atoms with E-state index in [0.717, 1.165) is 24.9 Å². The van der Waals surface area contributed by atoms with Gasteiger partial charge in [-0.05, 0) is 42.5 Å². The number of carbonyl (C=O) groups is 1. The Hall–Kier alpha value is -2.69. The number of oxazole rings is 1. The van der Waals surface area contributed by atoms with Crippen molar-refractivity contribution in [2.24, 2.45) is 5.92 Å². The van der Waals surface area contributed by atoms with Gasteiger partial charge in [-0.15, -0.1) is 0 Å². The van der Waals surface area contributed by atoms with Gasteiger partial charge in [0.15, 0.2) is 5.58 Å². The van der Waals surface area contributed by atoms with Crippen LogP contribution in [0, 0.1) is 11.7 Å². The van der Waals surface area contributed by atoms with Gasteiger partial charge in [-0.1, -0.05) is 38.1 Å². The van der Waals surface area contributed by atoms with Gasteiger partial charge in [0, 0.05) is 18.5 Å². The third-order valence-corrected chi connectivity index (χ3v) is 5.03. The molecular weight excluding hydrogens is 343 g/mol. The Morgan fingerprint density at radius 2 is 2.11 bits per heavy atom. The maximum Gasteiger partial charge on any atom is 0.223 e. The minimum Gasteiger partial charge on any atom is -0.438 e. The third kappa shape index (κ3) is 3.46. The predicted molar refractivity (Wildman–Crippen MR) is 103 cm³/mol. The second-order valence-corrected chi connectivity index (χ2v) is 7.56. The molecule has 3 aromatic rings. The Labute approximate surface area is 158 Å². The first-order valence-corrected chi connectivity index (χ1v) is 9.48. The first-order valence-electron chi connectivity index (χ1n) is 9.48. The van der Waals surface area contributed by atoms with Crippen molar-refractivity contribution in [3.8, 4) is 11.1 Å². The van der Waals surface area contributed by atoms with E-state index < -0.39 is 0 Å². The number of aromatic nitrogens is 1. The molecule has 4 nitrogen and oxygen atoms in total. The van der Waals surface area contributed by atoms with Crippen molar-refractivity contribution in [1.82, 2.24) is 9.88 Å². The number of hydrogen-bond donors (Lipinski definition) is 0. The van der Waals surface area contributed by atoms with Crippen LogP contribution in [0.5, 0.6) is 0 Å². The fourth-order valence-corrected chi connectivity index (χ4v) is 3.74. The minimum absolute atomic E-state index is 0.111. The lowest BCUT2D eigenvalue weighted by Crippen LogP contribution is -2.31. The molecule has 0 saturated carbocycles. The molecule has 1 saturated heterocycles. The van der Waals surface area contributed by atoms with Crippen LogP contribution in [0.1, 0.15) is 45.0 Å². The molecule has 0 bridgehead atoms. The van der Waals surface area contributed by atoms with Crippen molar-refractivity contribution in [3.05, 3.63) is 54.2 Å². The molecule has 0 radical (unpaired) electrons. The Morgan fingerprint density at radius 3 is 2.89 bits per heavy atom. The van der Waals surface area contributed by atoms with E-state index in [4.69, 9.17) is 4.42 Å². The second-order valence-electron chi connectivity index (χ2n) is 7.56. The van der Waals surface area contributed by atoms with Crippen LogP contribution in [0.2, 0.25) is 0 Å². The molecular formula is C22H23FN2O2. The molecule has 140 valence electrons. The molecule has 1 atom stereocenters. The average molecular weight is 366 g/mol. The van der Waals surface area contributed by atoms with Gasteiger partial charge in [0.2, 0.25) is 11.8 Å². The van der Waals surface area contributed by atoms with Crippen molar-refractivity contribution in [2.45, 2.75) is 39.2 Å². The zero-order chi connectivity index (χ0) is 19.0. The average Bonchev–Trinajstić information content (AvgIpc) is 3.27. The Kier molecular flexibility index (Phi) is 4.68. The number of benzene rings is 2. The summed E-state index contributed by atoms with van der Waals surface area (Å²) in [5.74, 6) is 0.791. The number of likely N-dealkylation sites (tertiary alicyclic amines) is 1. The van der Waals surface area contributed by atoms with Crippen LogP contribution in [0.25, 0.3) is 22.2 Å². The summed E-state index contributed by atoms with van der Waals surface area (Å²) in [4.78, 5) is 19.1. The Morgan fingerprint density at radius 1 is 1.30 bits per heavy atom. The van der Waals surface area contributed by atoms with Crippen molar-refractivity contribution in [1.29, 1.82) is 0 Å². The van der Waals surface area contributed by atoms with Gasteiger partial charge < -0.3 is 9.32 Å². The number of nitrogens with zero attached hydrogens (tertiary/aromatic N) is 2. The number of halogens is 1. The molecule has 0 spiro atoms. The summed E-state index contributed by atoms with van der Waals surface area (Å²) in [5, 5.41) is 0. The quantitative estimate of drug-likeness (QED) is 0.626. The van der Waals surface area contributed by atoms with Crippen molar-refractivity contribution in [3.63, 3.8) is 0 Å². The van der Waals surface area contributed by atoms with Crippen LogP contribution in [-0.2, 0) is 4.79 Å². The highest BCUT2D eigenvalue weighted by atomic mass is 19.1. The van der Waals surface area contributed by atoms with Gasteiger partial charge in [-0.25, -0.2) is 9.37 Å². The van der Waals surface area contributed by atoms with Crippen LogP contribution in [0.4, 0.5) is 4.39 Å². The normalized spacial score (nSPS) is 17.2. The van der Waals surface area contributed by atoms with Crippen LogP contribution < -0.4 is 0 Å². The summed E-state index contributed by atoms with van der Waals surface area (Å²) in [7, 11) is 0. The molecule has 2 aromatic carbocycles. The lowest BCUT2D eigenvalue weighted by molar-refractivity contribution is -0.133. The summed E-state index contributed by atoms with van der Waals surface area (Å²) in [6.45, 7) is 4.84. The largest absolute Gasteiger partial charge is 0.438 e. The predicted octanol–water partition coefficient (Wildman–Crippen LogP) is 5.34. The molecule has 4 rings (SSSR count). The fourth-order valence-electron chi connectivity index (χ4n) is 3.74. The molecule has 1 aliphatic rings. The fraction of sp³-hybridized carbons (Fsp3) is 0.364. The molecule has 1 aromatic heterocycles. The first kappa shape index (κ1) is 17.7. The van der Waals surface area contributed by atoms with E-state index in [2.05, 4.69) is 4.98 Å². The topological polar surface area (TPSA) is 46.3 Å². The van der Waals surface area contributed by atoms with Gasteiger partial charge in [0.25, 0.3) is 0 Å². The van der Waals surface area contributed by atoms with Gasteiger partial charge in [-0.2, -0.15) is 0 Å². The maximum absolute atomic E-state index is 14.1. The van der Waals surface area contributed by atoms with Crippen LogP contribution in [0.3, 0.4) is 0 Å². The van der Waals surface area contributed by atoms with E-state index in [1.54, 1.807) is 12.1 Å². The van der Waals surface area contributed by atoms with E-state index in [9.17, 15) is 9.18 Å². The standard InChI is InChI=1S/C22H23FN2O2/c1-14(2)12-21(26)25-11-5-8-19(25)22-24-18-13-15(9-10-20(18)27-22)16-6-3-4-7-17(16)23/h3-4,6-7,9-10,13-14,19H,5,8,11-12H2,1-2H3/t19-/m0/s1. The third-order valence-electron chi connectivity index (χ3n) is 5.03. The van der Waals surface area contributed by atoms with E-state index in [-0.39, 0.29) is 17.8 Å². The van der Waals surface area contributed by atoms with Gasteiger partial charge in [-0.3, -0.25) is 4.79 Å². The Balaban J connectivity index is 1.65. The van der Waals surface area contributed by atoms with Gasteiger partial charge in [0.1, 0.15) is 17.4 Å². The molecule has 1 amide bonds. The molecule has 1 fully saturated rings. The molecule has 5 heteroatoms. The minimum atomic E-state index is -0.262. The smallest absolute Gasteiger partial charge is 0.223 e. The summed E-state index contributed by atoms with van der Waals surface area (Å²) in [6.07, 6.45) is 2.35. The summed E-state index contributed by atoms with van der Waals surface area (Å²) in [6, 6.07) is 12.1. The highest BCUT2D eigenvalue weighted by Gasteiger charge is 2.33. The molecule has 0 N–H and O–H groups in total. The molecule has 1 aliphatic heterocycles. The zero-order valence-corrected chi connectivity index (χ0v) is 15.6. The van der Waals surface area contributed by atoms with Crippen LogP contribution >= 0.6 is 0 Å². The maximum atomic E-state index is 14.1. The van der Waals surface area contributed by atoms with Crippen LogP contribution in [-0.4, -0.2) is 22.3 Å². The lowest BCUT2D eigenvalue weighted by atomic mass is 10.0.